The third-order valence-electron chi connectivity index (χ3n) is 3.43. The summed E-state index contributed by atoms with van der Waals surface area (Å²) in [5.41, 5.74) is 3.37. The molecule has 0 aliphatic rings. The van der Waals surface area contributed by atoms with E-state index in [1.165, 1.54) is 11.1 Å². The van der Waals surface area contributed by atoms with Crippen LogP contribution in [0.1, 0.15) is 5.56 Å². The minimum Gasteiger partial charge on any atom is -0.378 e. The van der Waals surface area contributed by atoms with Crippen LogP contribution in [0.3, 0.4) is 0 Å². The van der Waals surface area contributed by atoms with Gasteiger partial charge >= 0.3 is 0 Å². The molecule has 0 aliphatic carbocycles. The van der Waals surface area contributed by atoms with Crippen LogP contribution >= 0.6 is 0 Å². The highest BCUT2D eigenvalue weighted by Crippen LogP contribution is 2.11. The van der Waals surface area contributed by atoms with Crippen molar-refractivity contribution in [2.45, 2.75) is 0 Å². The van der Waals surface area contributed by atoms with Crippen LogP contribution in [0.2, 0.25) is 0 Å². The Kier molecular flexibility index (Phi) is 3.65. The average molecular weight is 276 g/mol. The van der Waals surface area contributed by atoms with Crippen LogP contribution in [0, 0.1) is 0 Å². The van der Waals surface area contributed by atoms with Gasteiger partial charge in [-0.15, -0.1) is 0 Å². The first kappa shape index (κ1) is 13.3. The Morgan fingerprint density at radius 1 is 0.905 bits per heavy atom. The van der Waals surface area contributed by atoms with Gasteiger partial charge in [0, 0.05) is 37.3 Å². The van der Waals surface area contributed by atoms with E-state index >= 15 is 0 Å². The van der Waals surface area contributed by atoms with Crippen LogP contribution < -0.4 is 9.58 Å². The van der Waals surface area contributed by atoms with E-state index in [1.807, 2.05) is 49.4 Å². The van der Waals surface area contributed by atoms with Crippen molar-refractivity contribution in [1.82, 2.24) is 0 Å². The van der Waals surface area contributed by atoms with Crippen LogP contribution in [-0.2, 0) is 0 Å². The fourth-order valence-electron chi connectivity index (χ4n) is 2.23. The van der Waals surface area contributed by atoms with Gasteiger partial charge in [0.25, 0.3) is 0 Å². The Hall–Kier alpha value is -2.68. The second kappa shape index (κ2) is 5.75. The molecule has 0 amide bonds. The normalized spacial score (nSPS) is 11.1. The summed E-state index contributed by atoms with van der Waals surface area (Å²) in [6.07, 6.45) is 3.85. The Morgan fingerprint density at radius 3 is 2.38 bits per heavy atom. The molecule has 3 aromatic rings. The summed E-state index contributed by atoms with van der Waals surface area (Å²) in [5.74, 6) is 0. The third kappa shape index (κ3) is 2.92. The molecule has 0 saturated heterocycles. The molecule has 0 spiro atoms. The van der Waals surface area contributed by atoms with Gasteiger partial charge in [-0.2, -0.15) is 0 Å². The summed E-state index contributed by atoms with van der Waals surface area (Å²) >= 11 is 0. The summed E-state index contributed by atoms with van der Waals surface area (Å²) in [4.78, 5) is 2.08. The maximum absolute atomic E-state index is 4.56. The second-order valence-corrected chi connectivity index (χ2v) is 5.14. The highest BCUT2D eigenvalue weighted by Gasteiger charge is 2.05. The van der Waals surface area contributed by atoms with Gasteiger partial charge < -0.3 is 4.90 Å². The fraction of sp³-hybridized carbons (Fsp3) is 0.111. The van der Waals surface area contributed by atoms with Crippen LogP contribution in [0.15, 0.2) is 72.0 Å². The highest BCUT2D eigenvalue weighted by atomic mass is 15.3. The van der Waals surface area contributed by atoms with Gasteiger partial charge in [-0.25, -0.2) is 0 Å². The van der Waals surface area contributed by atoms with Gasteiger partial charge in [0.1, 0.15) is 6.21 Å². The molecule has 21 heavy (non-hydrogen) atoms. The molecule has 0 saturated carbocycles. The third-order valence-corrected chi connectivity index (χ3v) is 3.43. The van der Waals surface area contributed by atoms with Crippen molar-refractivity contribution in [1.29, 1.82) is 0 Å². The number of anilines is 1. The van der Waals surface area contributed by atoms with Crippen LogP contribution in [0.25, 0.3) is 10.9 Å². The number of para-hydroxylation sites is 1. The summed E-state index contributed by atoms with van der Waals surface area (Å²) in [6.45, 7) is 0. The number of fused-ring (bicyclic) bond motifs is 1. The topological polar surface area (TPSA) is 19.5 Å². The van der Waals surface area contributed by atoms with Crippen molar-refractivity contribution in [3.63, 3.8) is 0 Å². The number of aromatic nitrogens is 1. The van der Waals surface area contributed by atoms with Crippen molar-refractivity contribution < 1.29 is 4.68 Å². The summed E-state index contributed by atoms with van der Waals surface area (Å²) in [5, 5.41) is 5.74. The minimum atomic E-state index is 1.08. The molecule has 1 aromatic heterocycles. The molecule has 2 aromatic carbocycles. The van der Waals surface area contributed by atoms with Crippen LogP contribution in [0.4, 0.5) is 5.69 Å². The molecule has 104 valence electrons. The Bertz CT molecular complexity index is 769. The van der Waals surface area contributed by atoms with Crippen molar-refractivity contribution in [3.8, 4) is 0 Å². The summed E-state index contributed by atoms with van der Waals surface area (Å²) < 4.78 is 1.90. The van der Waals surface area contributed by atoms with E-state index in [-0.39, 0.29) is 0 Å². The van der Waals surface area contributed by atoms with E-state index in [0.29, 0.717) is 0 Å². The van der Waals surface area contributed by atoms with Gasteiger partial charge in [-0.3, -0.25) is 0 Å². The lowest BCUT2D eigenvalue weighted by atomic mass is 10.2. The predicted molar refractivity (Wildman–Crippen MR) is 87.9 cm³/mol. The molecular weight excluding hydrogens is 258 g/mol. The summed E-state index contributed by atoms with van der Waals surface area (Å²) in [7, 11) is 4.07. The molecule has 3 rings (SSSR count). The Morgan fingerprint density at radius 2 is 1.62 bits per heavy atom. The quantitative estimate of drug-likeness (QED) is 0.531. The first-order valence-corrected chi connectivity index (χ1v) is 6.95. The van der Waals surface area contributed by atoms with E-state index < -0.39 is 0 Å². The zero-order chi connectivity index (χ0) is 14.7. The van der Waals surface area contributed by atoms with Gasteiger partial charge in [0.05, 0.1) is 0 Å². The lowest BCUT2D eigenvalue weighted by Crippen LogP contribution is -2.27. The number of hydrogen-bond donors (Lipinski definition) is 0. The largest absolute Gasteiger partial charge is 0.378 e. The van der Waals surface area contributed by atoms with E-state index in [4.69, 9.17) is 0 Å². The number of benzene rings is 2. The maximum atomic E-state index is 4.56. The van der Waals surface area contributed by atoms with Gasteiger partial charge in [0.2, 0.25) is 11.7 Å². The van der Waals surface area contributed by atoms with Gasteiger partial charge in [-0.05, 0) is 34.9 Å². The standard InChI is InChI=1S/C18H18N3/c1-20(2)17-11-9-15(10-12-17)14-19-21-13-5-7-16-6-3-4-8-18(16)21/h3-14H,1-2H3/q+1. The monoisotopic (exact) mass is 276 g/mol. The molecule has 0 N–H and O–H groups in total. The smallest absolute Gasteiger partial charge is 0.245 e. The molecule has 0 atom stereocenters. The zero-order valence-corrected chi connectivity index (χ0v) is 12.3. The lowest BCUT2D eigenvalue weighted by molar-refractivity contribution is -0.651. The van der Waals surface area contributed by atoms with Crippen molar-refractivity contribution >= 4 is 22.8 Å². The number of hydrogen-bond acceptors (Lipinski definition) is 2. The van der Waals surface area contributed by atoms with Gasteiger partial charge in [-0.1, -0.05) is 28.9 Å². The molecule has 0 aliphatic heterocycles. The van der Waals surface area contributed by atoms with Crippen LogP contribution in [0.5, 0.6) is 0 Å². The second-order valence-electron chi connectivity index (χ2n) is 5.14. The van der Waals surface area contributed by atoms with Crippen molar-refractivity contribution in [2.24, 2.45) is 5.10 Å². The molecule has 0 radical (unpaired) electrons. The number of nitrogens with zero attached hydrogens (tertiary/aromatic N) is 3. The first-order valence-electron chi connectivity index (χ1n) is 6.95. The highest BCUT2D eigenvalue weighted by molar-refractivity contribution is 5.80. The van der Waals surface area contributed by atoms with E-state index in [0.717, 1.165) is 11.1 Å². The predicted octanol–water partition coefficient (Wildman–Crippen LogP) is 3.08. The molecule has 3 nitrogen and oxygen atoms in total. The van der Waals surface area contributed by atoms with Crippen LogP contribution in [-0.4, -0.2) is 20.3 Å². The molecule has 0 fully saturated rings. The minimum absolute atomic E-state index is 1.08. The molecular formula is C18H18N3+. The molecule has 1 heterocycles. The average Bonchev–Trinajstić information content (AvgIpc) is 2.53. The van der Waals surface area contributed by atoms with E-state index in [9.17, 15) is 0 Å². The molecule has 0 unspecified atom stereocenters. The summed E-state index contributed by atoms with van der Waals surface area (Å²) in [6, 6.07) is 20.7. The van der Waals surface area contributed by atoms with Crippen molar-refractivity contribution in [3.05, 3.63) is 72.4 Å². The zero-order valence-electron chi connectivity index (χ0n) is 12.3. The Labute approximate surface area is 124 Å². The van der Waals surface area contributed by atoms with Crippen molar-refractivity contribution in [2.75, 3.05) is 19.0 Å². The van der Waals surface area contributed by atoms with E-state index in [1.54, 1.807) is 0 Å². The van der Waals surface area contributed by atoms with Gasteiger partial charge in [0.15, 0.2) is 0 Å². The number of rotatable bonds is 3. The molecule has 0 bridgehead atoms. The fourth-order valence-corrected chi connectivity index (χ4v) is 2.23. The maximum Gasteiger partial charge on any atom is 0.245 e. The Balaban J connectivity index is 1.91. The molecule has 3 heteroatoms. The SMILES string of the molecule is CN(C)c1ccc(C=N[n+]2cccc3ccccc32)cc1. The first-order chi connectivity index (χ1) is 10.2. The number of pyridine rings is 1. The lowest BCUT2D eigenvalue weighted by Gasteiger charge is -2.11. The van der Waals surface area contributed by atoms with E-state index in [2.05, 4.69) is 52.5 Å².